The lowest BCUT2D eigenvalue weighted by atomic mass is 10.5. The quantitative estimate of drug-likeness (QED) is 0.790. The molecule has 0 bridgehead atoms. The van der Waals surface area contributed by atoms with E-state index in [1.807, 2.05) is 6.92 Å². The van der Waals surface area contributed by atoms with E-state index in [9.17, 15) is 21.6 Å². The molecule has 2 heterocycles. The van der Waals surface area contributed by atoms with E-state index in [1.165, 1.54) is 16.9 Å². The molecule has 0 fully saturated rings. The molecule has 0 saturated heterocycles. The van der Waals surface area contributed by atoms with Gasteiger partial charge in [0.15, 0.2) is 9.84 Å². The summed E-state index contributed by atoms with van der Waals surface area (Å²) in [6.07, 6.45) is -1.79. The summed E-state index contributed by atoms with van der Waals surface area (Å²) in [5.41, 5.74) is 0.351. The fraction of sp³-hybridized carbons (Fsp3) is 0.545. The van der Waals surface area contributed by atoms with Crippen molar-refractivity contribution in [1.29, 1.82) is 0 Å². The molecule has 0 aliphatic carbocycles. The lowest BCUT2D eigenvalue weighted by Gasteiger charge is -2.05. The first-order valence-corrected chi connectivity index (χ1v) is 8.17. The van der Waals surface area contributed by atoms with Gasteiger partial charge in [-0.1, -0.05) is 5.21 Å². The van der Waals surface area contributed by atoms with Crippen LogP contribution in [0.4, 0.5) is 13.2 Å². The first-order chi connectivity index (χ1) is 10.2. The van der Waals surface area contributed by atoms with E-state index in [0.717, 1.165) is 6.20 Å². The van der Waals surface area contributed by atoms with E-state index in [-0.39, 0.29) is 17.1 Å². The molecule has 2 aromatic heterocycles. The Kier molecular flexibility index (Phi) is 4.54. The summed E-state index contributed by atoms with van der Waals surface area (Å²) in [6, 6.07) is 1.26. The number of aromatic nitrogens is 5. The maximum atomic E-state index is 12.2. The van der Waals surface area contributed by atoms with Crippen LogP contribution in [-0.2, 0) is 34.4 Å². The van der Waals surface area contributed by atoms with Crippen molar-refractivity contribution in [2.45, 2.75) is 37.7 Å². The van der Waals surface area contributed by atoms with Crippen LogP contribution in [0.3, 0.4) is 0 Å². The van der Waals surface area contributed by atoms with Gasteiger partial charge in [-0.25, -0.2) is 8.42 Å². The average Bonchev–Trinajstić information content (AvgIpc) is 2.95. The predicted molar refractivity (Wildman–Crippen MR) is 70.3 cm³/mol. The number of rotatable bonds is 6. The van der Waals surface area contributed by atoms with Gasteiger partial charge in [-0.3, -0.25) is 9.36 Å². The number of hydrogen-bond acceptors (Lipinski definition) is 5. The summed E-state index contributed by atoms with van der Waals surface area (Å²) < 4.78 is 62.8. The zero-order valence-electron chi connectivity index (χ0n) is 11.7. The van der Waals surface area contributed by atoms with Gasteiger partial charge < -0.3 is 0 Å². The number of aryl methyl sites for hydroxylation is 1. The first-order valence-electron chi connectivity index (χ1n) is 6.35. The second-order valence-electron chi connectivity index (χ2n) is 4.72. The van der Waals surface area contributed by atoms with Crippen LogP contribution >= 0.6 is 0 Å². The molecule has 22 heavy (non-hydrogen) atoms. The van der Waals surface area contributed by atoms with Gasteiger partial charge in [0.2, 0.25) is 0 Å². The van der Waals surface area contributed by atoms with Gasteiger partial charge in [0.1, 0.15) is 6.54 Å². The number of sulfone groups is 1. The average molecular weight is 337 g/mol. The molecule has 0 radical (unpaired) electrons. The van der Waals surface area contributed by atoms with Crippen LogP contribution in [0.15, 0.2) is 18.5 Å². The summed E-state index contributed by atoms with van der Waals surface area (Å²) in [5.74, 6) is -0.782. The van der Waals surface area contributed by atoms with Crippen molar-refractivity contribution in [2.24, 2.45) is 0 Å². The Labute approximate surface area is 124 Å². The van der Waals surface area contributed by atoms with Crippen molar-refractivity contribution in [2.75, 3.05) is 0 Å². The fourth-order valence-electron chi connectivity index (χ4n) is 1.81. The third kappa shape index (κ3) is 4.83. The molecular weight excluding hydrogens is 323 g/mol. The maximum absolute atomic E-state index is 12.2. The molecule has 2 rings (SSSR count). The van der Waals surface area contributed by atoms with Gasteiger partial charge in [-0.15, -0.1) is 5.10 Å². The largest absolute Gasteiger partial charge is 0.408 e. The SMILES string of the molecule is CCn1cc(CS(=O)(=O)Cc2ccn(CC(F)(F)F)n2)nn1. The molecule has 0 saturated carbocycles. The zero-order valence-corrected chi connectivity index (χ0v) is 12.5. The number of alkyl halides is 3. The van der Waals surface area contributed by atoms with Crippen molar-refractivity contribution < 1.29 is 21.6 Å². The van der Waals surface area contributed by atoms with E-state index in [2.05, 4.69) is 15.4 Å². The number of halogens is 3. The Balaban J connectivity index is 2.02. The molecule has 0 aliphatic heterocycles. The smallest absolute Gasteiger partial charge is 0.263 e. The number of nitrogens with zero attached hydrogens (tertiary/aromatic N) is 5. The van der Waals surface area contributed by atoms with E-state index in [0.29, 0.717) is 11.2 Å². The molecule has 0 N–H and O–H groups in total. The van der Waals surface area contributed by atoms with Crippen molar-refractivity contribution in [3.8, 4) is 0 Å². The van der Waals surface area contributed by atoms with Crippen molar-refractivity contribution in [3.63, 3.8) is 0 Å². The highest BCUT2D eigenvalue weighted by atomic mass is 32.2. The second kappa shape index (κ2) is 6.07. The molecular formula is C11H14F3N5O2S. The van der Waals surface area contributed by atoms with Crippen LogP contribution < -0.4 is 0 Å². The standard InChI is InChI=1S/C11H14F3N5O2S/c1-2-18-5-10(15-17-18)7-22(20,21)6-9-3-4-19(16-9)8-11(12,13)14/h3-5H,2,6-8H2,1H3. The van der Waals surface area contributed by atoms with Crippen LogP contribution in [0.2, 0.25) is 0 Å². The van der Waals surface area contributed by atoms with Crippen molar-refractivity contribution in [3.05, 3.63) is 29.8 Å². The topological polar surface area (TPSA) is 82.7 Å². The predicted octanol–water partition coefficient (Wildman–Crippen LogP) is 1.17. The van der Waals surface area contributed by atoms with Gasteiger partial charge in [0.05, 0.1) is 22.9 Å². The second-order valence-corrected chi connectivity index (χ2v) is 6.78. The van der Waals surface area contributed by atoms with E-state index in [1.54, 1.807) is 0 Å². The van der Waals surface area contributed by atoms with E-state index in [4.69, 9.17) is 0 Å². The Morgan fingerprint density at radius 3 is 2.45 bits per heavy atom. The highest BCUT2D eigenvalue weighted by molar-refractivity contribution is 7.89. The summed E-state index contributed by atoms with van der Waals surface area (Å²) in [7, 11) is -3.59. The molecule has 0 aromatic carbocycles. The van der Waals surface area contributed by atoms with Crippen molar-refractivity contribution >= 4 is 9.84 Å². The summed E-state index contributed by atoms with van der Waals surface area (Å²) in [6.45, 7) is 1.15. The minimum Gasteiger partial charge on any atom is -0.263 e. The van der Waals surface area contributed by atoms with Crippen LogP contribution in [0.1, 0.15) is 18.3 Å². The van der Waals surface area contributed by atoms with Gasteiger partial charge in [-0.05, 0) is 13.0 Å². The number of hydrogen-bond donors (Lipinski definition) is 0. The Morgan fingerprint density at radius 2 is 1.86 bits per heavy atom. The summed E-state index contributed by atoms with van der Waals surface area (Å²) >= 11 is 0. The Hall–Kier alpha value is -1.91. The molecule has 2 aromatic rings. The van der Waals surface area contributed by atoms with Crippen LogP contribution in [0.25, 0.3) is 0 Å². The third-order valence-electron chi connectivity index (χ3n) is 2.68. The molecule has 0 aliphatic rings. The third-order valence-corrected chi connectivity index (χ3v) is 4.15. The lowest BCUT2D eigenvalue weighted by Crippen LogP contribution is -2.18. The summed E-state index contributed by atoms with van der Waals surface area (Å²) in [5, 5.41) is 11.1. The molecule has 0 unspecified atom stereocenters. The Morgan fingerprint density at radius 1 is 1.18 bits per heavy atom. The van der Waals surface area contributed by atoms with Gasteiger partial charge in [-0.2, -0.15) is 18.3 Å². The monoisotopic (exact) mass is 337 g/mol. The molecule has 7 nitrogen and oxygen atoms in total. The van der Waals surface area contributed by atoms with Gasteiger partial charge >= 0.3 is 6.18 Å². The summed E-state index contributed by atoms with van der Waals surface area (Å²) in [4.78, 5) is 0. The maximum Gasteiger partial charge on any atom is 0.408 e. The minimum atomic E-state index is -4.40. The van der Waals surface area contributed by atoms with E-state index < -0.39 is 28.3 Å². The van der Waals surface area contributed by atoms with Gasteiger partial charge in [0, 0.05) is 18.9 Å². The lowest BCUT2D eigenvalue weighted by molar-refractivity contribution is -0.142. The molecule has 122 valence electrons. The van der Waals surface area contributed by atoms with Crippen LogP contribution in [0.5, 0.6) is 0 Å². The molecule has 0 spiro atoms. The van der Waals surface area contributed by atoms with Crippen molar-refractivity contribution in [1.82, 2.24) is 24.8 Å². The fourth-order valence-corrected chi connectivity index (χ4v) is 3.10. The molecule has 11 heteroatoms. The zero-order chi connectivity index (χ0) is 16.4. The minimum absolute atomic E-state index is 0.0622. The molecule has 0 amide bonds. The van der Waals surface area contributed by atoms with Gasteiger partial charge in [0.25, 0.3) is 0 Å². The first kappa shape index (κ1) is 16.5. The highest BCUT2D eigenvalue weighted by Crippen LogP contribution is 2.17. The molecule has 0 atom stereocenters. The van der Waals surface area contributed by atoms with Crippen LogP contribution in [0, 0.1) is 0 Å². The Bertz CT molecular complexity index is 735. The van der Waals surface area contributed by atoms with E-state index >= 15 is 0 Å². The normalized spacial score (nSPS) is 12.7. The highest BCUT2D eigenvalue weighted by Gasteiger charge is 2.28. The van der Waals surface area contributed by atoms with Crippen LogP contribution in [-0.4, -0.2) is 39.4 Å².